The molecule has 5 rings (SSSR count). The summed E-state index contributed by atoms with van der Waals surface area (Å²) in [6.07, 6.45) is 11.4. The minimum atomic E-state index is -0.896. The van der Waals surface area contributed by atoms with Gasteiger partial charge in [-0.15, -0.1) is 0 Å². The number of carbonyl (C=O) groups is 2. The highest BCUT2D eigenvalue weighted by Crippen LogP contribution is 2.84. The van der Waals surface area contributed by atoms with Crippen LogP contribution in [0.15, 0.2) is 23.8 Å². The van der Waals surface area contributed by atoms with Crippen LogP contribution < -0.4 is 0 Å². The Bertz CT molecular complexity index is 1030. The number of aliphatic hydroxyl groups is 1. The Morgan fingerprint density at radius 3 is 2.49 bits per heavy atom. The lowest BCUT2D eigenvalue weighted by Crippen LogP contribution is -2.61. The van der Waals surface area contributed by atoms with Gasteiger partial charge in [0.25, 0.3) is 0 Å². The molecule has 1 heterocycles. The van der Waals surface area contributed by atoms with Crippen LogP contribution in [0.1, 0.15) is 93.4 Å². The van der Waals surface area contributed by atoms with Gasteiger partial charge in [-0.05, 0) is 73.5 Å². The van der Waals surface area contributed by atoms with Gasteiger partial charge in [-0.2, -0.15) is 0 Å². The number of hydrogen-bond acceptors (Lipinski definition) is 4. The number of ether oxygens (including phenoxy) is 1. The number of Topliss-reactive ketones (excluding diaryl/α,β-unsaturated/α-hetero) is 1. The van der Waals surface area contributed by atoms with Crippen molar-refractivity contribution in [1.29, 1.82) is 0 Å². The molecule has 35 heavy (non-hydrogen) atoms. The van der Waals surface area contributed by atoms with E-state index < -0.39 is 17.0 Å². The van der Waals surface area contributed by atoms with E-state index in [1.165, 1.54) is 0 Å². The highest BCUT2D eigenvalue weighted by molar-refractivity contribution is 5.89. The highest BCUT2D eigenvalue weighted by atomic mass is 16.6. The molecule has 5 nitrogen and oxygen atoms in total. The quantitative estimate of drug-likeness (QED) is 0.303. The Hall–Kier alpha value is -1.46. The first-order chi connectivity index (χ1) is 16.1. The second-order valence-electron chi connectivity index (χ2n) is 14.1. The molecule has 1 saturated heterocycles. The molecule has 4 aliphatic carbocycles. The zero-order chi connectivity index (χ0) is 25.8. The normalized spacial score (nSPS) is 51.3. The number of aliphatic carboxylic acids is 1. The van der Waals surface area contributed by atoms with Gasteiger partial charge in [0.2, 0.25) is 0 Å². The Morgan fingerprint density at radius 2 is 1.83 bits per heavy atom. The van der Waals surface area contributed by atoms with Gasteiger partial charge in [0.1, 0.15) is 11.4 Å². The molecule has 9 atom stereocenters. The molecule has 1 aliphatic heterocycles. The molecule has 0 amide bonds. The van der Waals surface area contributed by atoms with E-state index in [9.17, 15) is 19.8 Å². The molecule has 2 N–H and O–H groups in total. The number of ketones is 1. The maximum atomic E-state index is 14.0. The summed E-state index contributed by atoms with van der Waals surface area (Å²) < 4.78 is 6.72. The van der Waals surface area contributed by atoms with Gasteiger partial charge in [-0.1, -0.05) is 59.8 Å². The molecule has 0 radical (unpaired) electrons. The van der Waals surface area contributed by atoms with Crippen LogP contribution in [0.4, 0.5) is 0 Å². The number of fused-ring (bicyclic) bond motifs is 1. The van der Waals surface area contributed by atoms with Gasteiger partial charge in [0, 0.05) is 17.4 Å². The topological polar surface area (TPSA) is 87.1 Å². The van der Waals surface area contributed by atoms with Gasteiger partial charge in [0.15, 0.2) is 0 Å². The van der Waals surface area contributed by atoms with Crippen molar-refractivity contribution in [1.82, 2.24) is 0 Å². The second kappa shape index (κ2) is 7.31. The summed E-state index contributed by atoms with van der Waals surface area (Å²) in [6.45, 7) is 15.4. The van der Waals surface area contributed by atoms with Crippen LogP contribution in [-0.4, -0.2) is 39.8 Å². The Kier molecular flexibility index (Phi) is 5.26. The SMILES string of the molecule is C/C(=C\C=C/[C@@H](C)[C@@]1(C)C[C@@H]2O[C@@]23[C@]2(CC4C(C)(C)[C@@H](O)CC[C@]4(C)C2)C(=O)CC[C@@]31C)C(=O)O. The summed E-state index contributed by atoms with van der Waals surface area (Å²) in [5, 5.41) is 20.1. The van der Waals surface area contributed by atoms with Gasteiger partial charge in [-0.25, -0.2) is 4.79 Å². The van der Waals surface area contributed by atoms with Gasteiger partial charge in [0.05, 0.1) is 17.6 Å². The third-order valence-electron chi connectivity index (χ3n) is 12.4. The molecule has 0 aromatic rings. The van der Waals surface area contributed by atoms with Gasteiger partial charge < -0.3 is 14.9 Å². The molecule has 194 valence electrons. The summed E-state index contributed by atoms with van der Waals surface area (Å²) in [4.78, 5) is 25.2. The van der Waals surface area contributed by atoms with E-state index in [1.54, 1.807) is 13.0 Å². The highest BCUT2D eigenvalue weighted by Gasteiger charge is 2.89. The van der Waals surface area contributed by atoms with Crippen molar-refractivity contribution in [2.24, 2.45) is 38.9 Å². The van der Waals surface area contributed by atoms with E-state index in [0.717, 1.165) is 38.5 Å². The second-order valence-corrected chi connectivity index (χ2v) is 14.1. The maximum Gasteiger partial charge on any atom is 0.331 e. The van der Waals surface area contributed by atoms with Crippen LogP contribution >= 0.6 is 0 Å². The van der Waals surface area contributed by atoms with Crippen molar-refractivity contribution in [2.75, 3.05) is 0 Å². The van der Waals surface area contributed by atoms with Gasteiger partial charge in [-0.3, -0.25) is 4.79 Å². The first kappa shape index (κ1) is 25.2. The molecule has 0 aromatic carbocycles. The van der Waals surface area contributed by atoms with Crippen molar-refractivity contribution in [2.45, 2.75) is 111 Å². The number of carboxylic acid groups (broad SMARTS) is 1. The number of epoxide rings is 1. The fraction of sp³-hybridized carbons (Fsp3) is 0.800. The zero-order valence-electron chi connectivity index (χ0n) is 22.6. The molecular weight excluding hydrogens is 440 g/mol. The largest absolute Gasteiger partial charge is 0.478 e. The molecule has 5 heteroatoms. The van der Waals surface area contributed by atoms with Crippen LogP contribution in [0.3, 0.4) is 0 Å². The first-order valence-electron chi connectivity index (χ1n) is 13.6. The van der Waals surface area contributed by atoms with Crippen LogP contribution in [-0.2, 0) is 14.3 Å². The molecule has 4 saturated carbocycles. The van der Waals surface area contributed by atoms with Crippen molar-refractivity contribution < 1.29 is 24.5 Å². The molecular formula is C30H44O5. The first-order valence-corrected chi connectivity index (χ1v) is 13.6. The van der Waals surface area contributed by atoms with E-state index >= 15 is 0 Å². The van der Waals surface area contributed by atoms with Crippen LogP contribution in [0.25, 0.3) is 0 Å². The minimum Gasteiger partial charge on any atom is -0.478 e. The van der Waals surface area contributed by atoms with Crippen molar-refractivity contribution >= 4 is 11.8 Å². The Balaban J connectivity index is 1.53. The summed E-state index contributed by atoms with van der Waals surface area (Å²) >= 11 is 0. The number of allylic oxidation sites excluding steroid dienone is 3. The molecule has 5 aliphatic rings. The molecule has 0 aromatic heterocycles. The summed E-state index contributed by atoms with van der Waals surface area (Å²) in [6, 6.07) is 0. The number of carbonyl (C=O) groups excluding carboxylic acids is 1. The summed E-state index contributed by atoms with van der Waals surface area (Å²) in [5.41, 5.74) is -0.904. The van der Waals surface area contributed by atoms with E-state index in [0.29, 0.717) is 23.7 Å². The monoisotopic (exact) mass is 484 g/mol. The number of aliphatic hydroxyl groups excluding tert-OH is 1. The number of hydrogen-bond donors (Lipinski definition) is 2. The lowest BCUT2D eigenvalue weighted by molar-refractivity contribution is -0.160. The fourth-order valence-electron chi connectivity index (χ4n) is 9.93. The van der Waals surface area contributed by atoms with E-state index in [1.807, 2.05) is 6.08 Å². The smallest absolute Gasteiger partial charge is 0.331 e. The third-order valence-corrected chi connectivity index (χ3v) is 12.4. The van der Waals surface area contributed by atoms with Crippen molar-refractivity contribution in [3.63, 3.8) is 0 Å². The molecule has 1 unspecified atom stereocenters. The van der Waals surface area contributed by atoms with Crippen LogP contribution in [0.2, 0.25) is 0 Å². The summed E-state index contributed by atoms with van der Waals surface area (Å²) in [7, 11) is 0. The zero-order valence-corrected chi connectivity index (χ0v) is 22.6. The average molecular weight is 485 g/mol. The molecule has 2 spiro atoms. The van der Waals surface area contributed by atoms with Crippen LogP contribution in [0.5, 0.6) is 0 Å². The lowest BCUT2D eigenvalue weighted by atomic mass is 9.46. The fourth-order valence-corrected chi connectivity index (χ4v) is 9.93. The van der Waals surface area contributed by atoms with Crippen molar-refractivity contribution in [3.05, 3.63) is 23.8 Å². The van der Waals surface area contributed by atoms with E-state index in [2.05, 4.69) is 47.6 Å². The average Bonchev–Trinajstić information content (AvgIpc) is 3.34. The standard InChI is InChI=1S/C30H44O5/c1-18(24(33)34)9-8-10-19(2)27(6)16-23-30(35-23)28(27,7)14-12-22(32)29(30)15-20-25(3,4)21(31)11-13-26(20,5)17-29/h8-10,19-21,23,31H,11-17H2,1-7H3,(H,33,34)/b10-8-,18-9+/t19-,20?,21+,23+,26-,27-,28-,29+,30+/m1/s1. The predicted molar refractivity (Wildman–Crippen MR) is 135 cm³/mol. The predicted octanol–water partition coefficient (Wildman–Crippen LogP) is 5.71. The maximum absolute atomic E-state index is 14.0. The van der Waals surface area contributed by atoms with Gasteiger partial charge >= 0.3 is 5.97 Å². The molecule has 0 bridgehead atoms. The van der Waals surface area contributed by atoms with Crippen molar-refractivity contribution in [3.8, 4) is 0 Å². The Morgan fingerprint density at radius 1 is 1.14 bits per heavy atom. The lowest BCUT2D eigenvalue weighted by Gasteiger charge is -2.56. The minimum absolute atomic E-state index is 0.0468. The van der Waals surface area contributed by atoms with Crippen LogP contribution in [0, 0.1) is 38.9 Å². The Labute approximate surface area is 210 Å². The summed E-state index contributed by atoms with van der Waals surface area (Å²) in [5.74, 6) is 0.0248. The molecule has 5 fully saturated rings. The van der Waals surface area contributed by atoms with E-state index in [4.69, 9.17) is 4.74 Å². The van der Waals surface area contributed by atoms with E-state index in [-0.39, 0.29) is 39.8 Å². The number of carboxylic acids is 1. The number of rotatable bonds is 4. The third kappa shape index (κ3) is 2.89.